The number of furan rings is 1. The average Bonchev–Trinajstić information content (AvgIpc) is 3.56. The number of carbonyl (C=O) groups is 2. The summed E-state index contributed by atoms with van der Waals surface area (Å²) in [5.41, 5.74) is 2.20. The number of amides is 2. The monoisotopic (exact) mass is 571 g/mol. The van der Waals surface area contributed by atoms with Gasteiger partial charge in [-0.2, -0.15) is 9.40 Å². The van der Waals surface area contributed by atoms with Gasteiger partial charge in [-0.3, -0.25) is 14.3 Å². The van der Waals surface area contributed by atoms with Crippen molar-refractivity contribution in [1.29, 1.82) is 0 Å². The fourth-order valence-electron chi connectivity index (χ4n) is 4.69. The molecule has 1 saturated heterocycles. The second-order valence-corrected chi connectivity index (χ2v) is 12.0. The molecule has 2 aliphatic rings. The highest BCUT2D eigenvalue weighted by Crippen LogP contribution is 2.39. The van der Waals surface area contributed by atoms with Crippen LogP contribution in [0.4, 0.5) is 0 Å². The van der Waals surface area contributed by atoms with E-state index >= 15 is 0 Å². The Balaban J connectivity index is 1.18. The van der Waals surface area contributed by atoms with E-state index in [1.807, 2.05) is 18.2 Å². The molecule has 0 atom stereocenters. The van der Waals surface area contributed by atoms with Crippen LogP contribution in [0.2, 0.25) is 0 Å². The Labute approximate surface area is 232 Å². The SMILES string of the molecule is COc1c(CNC(=O)c2cc(C3CC3)nn2C)cccc1OCc1ccc(C(=O)N2CCN(S(C)(=O)=O)CC2)o1. The lowest BCUT2D eigenvalue weighted by Gasteiger charge is -2.32. The van der Waals surface area contributed by atoms with Crippen LogP contribution in [-0.2, 0) is 30.2 Å². The van der Waals surface area contributed by atoms with Crippen molar-refractivity contribution in [1.82, 2.24) is 24.3 Å². The fraction of sp³-hybridized carbons (Fsp3) is 0.444. The molecule has 2 fully saturated rings. The van der Waals surface area contributed by atoms with Crippen LogP contribution in [0.5, 0.6) is 11.5 Å². The van der Waals surface area contributed by atoms with E-state index in [4.69, 9.17) is 13.9 Å². The number of aryl methyl sites for hydroxylation is 1. The van der Waals surface area contributed by atoms with Gasteiger partial charge in [-0.05, 0) is 37.1 Å². The molecule has 214 valence electrons. The van der Waals surface area contributed by atoms with E-state index in [-0.39, 0.29) is 43.8 Å². The number of hydrogen-bond acceptors (Lipinski definition) is 8. The molecule has 5 rings (SSSR count). The first-order valence-corrected chi connectivity index (χ1v) is 14.9. The van der Waals surface area contributed by atoms with Crippen molar-refractivity contribution in [2.75, 3.05) is 39.5 Å². The van der Waals surface area contributed by atoms with Gasteiger partial charge in [-0.15, -0.1) is 0 Å². The molecule has 1 aliphatic heterocycles. The molecular weight excluding hydrogens is 538 g/mol. The number of rotatable bonds is 10. The van der Waals surface area contributed by atoms with Gasteiger partial charge in [0.15, 0.2) is 17.3 Å². The zero-order valence-corrected chi connectivity index (χ0v) is 23.6. The van der Waals surface area contributed by atoms with E-state index in [1.54, 1.807) is 34.8 Å². The Morgan fingerprint density at radius 3 is 2.55 bits per heavy atom. The molecule has 1 saturated carbocycles. The Bertz CT molecular complexity index is 1500. The molecular formula is C27H33N5O7S. The smallest absolute Gasteiger partial charge is 0.289 e. The minimum Gasteiger partial charge on any atom is -0.493 e. The number of para-hydroxylation sites is 1. The van der Waals surface area contributed by atoms with E-state index in [9.17, 15) is 18.0 Å². The molecule has 13 heteroatoms. The number of nitrogens with one attached hydrogen (secondary N) is 1. The van der Waals surface area contributed by atoms with E-state index in [0.717, 1.165) is 30.4 Å². The predicted octanol–water partition coefficient (Wildman–Crippen LogP) is 2.13. The van der Waals surface area contributed by atoms with Gasteiger partial charge < -0.3 is 24.1 Å². The van der Waals surface area contributed by atoms with Gasteiger partial charge in [0.1, 0.15) is 18.1 Å². The van der Waals surface area contributed by atoms with Crippen LogP contribution in [-0.4, -0.2) is 78.8 Å². The van der Waals surface area contributed by atoms with E-state index in [2.05, 4.69) is 10.4 Å². The van der Waals surface area contributed by atoms with E-state index < -0.39 is 10.0 Å². The summed E-state index contributed by atoms with van der Waals surface area (Å²) in [4.78, 5) is 27.2. The van der Waals surface area contributed by atoms with Crippen LogP contribution in [0.1, 0.15) is 56.8 Å². The molecule has 1 aromatic carbocycles. The van der Waals surface area contributed by atoms with Crippen molar-refractivity contribution >= 4 is 21.8 Å². The van der Waals surface area contributed by atoms with Crippen LogP contribution in [0.15, 0.2) is 40.8 Å². The lowest BCUT2D eigenvalue weighted by molar-refractivity contribution is 0.0662. The van der Waals surface area contributed by atoms with Crippen molar-refractivity contribution < 1.29 is 31.9 Å². The van der Waals surface area contributed by atoms with Crippen molar-refractivity contribution in [3.05, 3.63) is 64.9 Å². The maximum Gasteiger partial charge on any atom is 0.289 e. The molecule has 1 N–H and O–H groups in total. The number of hydrogen-bond donors (Lipinski definition) is 1. The summed E-state index contributed by atoms with van der Waals surface area (Å²) in [6, 6.07) is 10.5. The largest absolute Gasteiger partial charge is 0.493 e. The standard InChI is InChI=1S/C27H33N5O7S/c1-30-22(15-21(29-30)18-7-8-18)26(33)28-16-19-5-4-6-23(25(19)37-2)38-17-20-9-10-24(39-20)27(34)31-11-13-32(14-12-31)40(3,35)36/h4-6,9-10,15,18H,7-8,11-14,16-17H2,1-3H3,(H,28,33). The van der Waals surface area contributed by atoms with Gasteiger partial charge in [0.25, 0.3) is 11.8 Å². The quantitative estimate of drug-likeness (QED) is 0.391. The third-order valence-electron chi connectivity index (χ3n) is 7.07. The Morgan fingerprint density at radius 2 is 1.88 bits per heavy atom. The fourth-order valence-corrected chi connectivity index (χ4v) is 5.52. The zero-order chi connectivity index (χ0) is 28.4. The first kappa shape index (κ1) is 27.7. The lowest BCUT2D eigenvalue weighted by atomic mass is 10.1. The maximum absolute atomic E-state index is 12.8. The van der Waals surface area contributed by atoms with Crippen molar-refractivity contribution in [3.8, 4) is 11.5 Å². The summed E-state index contributed by atoms with van der Waals surface area (Å²) in [7, 11) is 0.0180. The van der Waals surface area contributed by atoms with Gasteiger partial charge >= 0.3 is 0 Å². The summed E-state index contributed by atoms with van der Waals surface area (Å²) >= 11 is 0. The molecule has 2 amide bonds. The number of benzene rings is 1. The molecule has 1 aliphatic carbocycles. The summed E-state index contributed by atoms with van der Waals surface area (Å²) in [5.74, 6) is 1.50. The van der Waals surface area contributed by atoms with E-state index in [1.165, 1.54) is 11.4 Å². The molecule has 0 spiro atoms. The summed E-state index contributed by atoms with van der Waals surface area (Å²) < 4.78 is 43.7. The number of piperazine rings is 1. The van der Waals surface area contributed by atoms with Crippen molar-refractivity contribution in [2.45, 2.75) is 31.9 Å². The summed E-state index contributed by atoms with van der Waals surface area (Å²) in [6.07, 6.45) is 3.39. The normalized spacial score (nSPS) is 16.1. The number of nitrogens with zero attached hydrogens (tertiary/aromatic N) is 4. The Hall–Kier alpha value is -3.84. The van der Waals surface area contributed by atoms with Gasteiger partial charge in [0, 0.05) is 51.3 Å². The van der Waals surface area contributed by atoms with Crippen LogP contribution in [0, 0.1) is 0 Å². The van der Waals surface area contributed by atoms with E-state index in [0.29, 0.717) is 42.0 Å². The molecule has 3 aromatic rings. The van der Waals surface area contributed by atoms with Gasteiger partial charge in [0.2, 0.25) is 10.0 Å². The molecule has 0 radical (unpaired) electrons. The van der Waals surface area contributed by atoms with Crippen LogP contribution in [0.25, 0.3) is 0 Å². The minimum absolute atomic E-state index is 0.0558. The van der Waals surface area contributed by atoms with Crippen LogP contribution in [0.3, 0.4) is 0 Å². The summed E-state index contributed by atoms with van der Waals surface area (Å²) in [5, 5.41) is 7.39. The number of aromatic nitrogens is 2. The lowest BCUT2D eigenvalue weighted by Crippen LogP contribution is -2.50. The highest BCUT2D eigenvalue weighted by Gasteiger charge is 2.29. The number of methoxy groups -OCH3 is 1. The molecule has 3 heterocycles. The third kappa shape index (κ3) is 6.15. The number of sulfonamides is 1. The van der Waals surface area contributed by atoms with Gasteiger partial charge in [0.05, 0.1) is 19.1 Å². The van der Waals surface area contributed by atoms with Gasteiger partial charge in [-0.1, -0.05) is 12.1 Å². The third-order valence-corrected chi connectivity index (χ3v) is 8.37. The molecule has 40 heavy (non-hydrogen) atoms. The minimum atomic E-state index is -3.28. The zero-order valence-electron chi connectivity index (χ0n) is 22.8. The molecule has 0 bridgehead atoms. The maximum atomic E-state index is 12.8. The van der Waals surface area contributed by atoms with Crippen molar-refractivity contribution in [2.24, 2.45) is 7.05 Å². The molecule has 0 unspecified atom stereocenters. The topological polar surface area (TPSA) is 136 Å². The second-order valence-electron chi connectivity index (χ2n) is 9.99. The Morgan fingerprint density at radius 1 is 1.12 bits per heavy atom. The first-order chi connectivity index (χ1) is 19.1. The average molecular weight is 572 g/mol. The number of carbonyl (C=O) groups excluding carboxylic acids is 2. The Kier molecular flexibility index (Phi) is 7.86. The van der Waals surface area contributed by atoms with Crippen molar-refractivity contribution in [3.63, 3.8) is 0 Å². The molecule has 12 nitrogen and oxygen atoms in total. The van der Waals surface area contributed by atoms with Crippen LogP contribution >= 0.6 is 0 Å². The summed E-state index contributed by atoms with van der Waals surface area (Å²) in [6.45, 7) is 1.38. The highest BCUT2D eigenvalue weighted by molar-refractivity contribution is 7.88. The second kappa shape index (κ2) is 11.3. The van der Waals surface area contributed by atoms with Crippen LogP contribution < -0.4 is 14.8 Å². The highest BCUT2D eigenvalue weighted by atomic mass is 32.2. The number of ether oxygens (including phenoxy) is 2. The predicted molar refractivity (Wildman–Crippen MR) is 145 cm³/mol. The molecule has 2 aromatic heterocycles. The van der Waals surface area contributed by atoms with Gasteiger partial charge in [-0.25, -0.2) is 8.42 Å². The first-order valence-electron chi connectivity index (χ1n) is 13.1.